The zero-order valence-electron chi connectivity index (χ0n) is 20.3. The second-order valence-electron chi connectivity index (χ2n) is 8.77. The van der Waals surface area contributed by atoms with Crippen LogP contribution in [0.4, 0.5) is 14.6 Å². The van der Waals surface area contributed by atoms with Gasteiger partial charge in [0.15, 0.2) is 11.8 Å². The molecule has 10 nitrogen and oxygen atoms in total. The van der Waals surface area contributed by atoms with E-state index >= 15 is 0 Å². The molecule has 1 fully saturated rings. The topological polar surface area (TPSA) is 138 Å². The number of nitrogens with zero attached hydrogens (tertiary/aromatic N) is 2. The van der Waals surface area contributed by atoms with Crippen LogP contribution in [-0.2, 0) is 21.1 Å². The Bertz CT molecular complexity index is 1330. The minimum atomic E-state index is -3.85. The lowest BCUT2D eigenvalue weighted by Crippen LogP contribution is -2.52. The van der Waals surface area contributed by atoms with Crippen molar-refractivity contribution in [2.24, 2.45) is 0 Å². The van der Waals surface area contributed by atoms with Crippen molar-refractivity contribution in [2.75, 3.05) is 12.3 Å². The smallest absolute Gasteiger partial charge is 0.416 e. The summed E-state index contributed by atoms with van der Waals surface area (Å²) in [6, 6.07) is 14.7. The van der Waals surface area contributed by atoms with E-state index in [1.165, 1.54) is 6.07 Å². The van der Waals surface area contributed by atoms with E-state index < -0.39 is 49.5 Å². The second-order valence-corrected chi connectivity index (χ2v) is 11.6. The van der Waals surface area contributed by atoms with Crippen molar-refractivity contribution in [1.29, 1.82) is 0 Å². The zero-order valence-corrected chi connectivity index (χ0v) is 22.0. The summed E-state index contributed by atoms with van der Waals surface area (Å²) in [6.45, 7) is -1.15. The van der Waals surface area contributed by atoms with Crippen molar-refractivity contribution < 1.29 is 37.3 Å². The summed E-state index contributed by atoms with van der Waals surface area (Å²) in [5.74, 6) is 0.412. The number of anilines is 1. The first-order valence-corrected chi connectivity index (χ1v) is 13.9. The number of aliphatic hydroxyl groups is 2. The van der Waals surface area contributed by atoms with Gasteiger partial charge < -0.3 is 29.7 Å². The largest absolute Gasteiger partial charge is 0.435 e. The standard InChI is InChI=1S/C24H26F2N3O7PS/c1-14-3-7-16(8-4-14)35-37(38,36-17-9-5-15(2)6-10-17)33-13-24(22(25)26)20(31)19(30)21(34-24)29-12-11-18(27)28-23(29)32/h3-12,19-22,30-31H,13H2,1-2H3,(H2,27,28,32)/t19-,20-,21-,24-/m1/s1. The van der Waals surface area contributed by atoms with Crippen molar-refractivity contribution in [3.05, 3.63) is 82.4 Å². The quantitative estimate of drug-likeness (QED) is 0.330. The molecule has 3 aromatic rings. The number of rotatable bonds is 9. The highest BCUT2D eigenvalue weighted by Gasteiger charge is 2.61. The monoisotopic (exact) mass is 569 g/mol. The van der Waals surface area contributed by atoms with Gasteiger partial charge >= 0.3 is 12.4 Å². The van der Waals surface area contributed by atoms with Crippen molar-refractivity contribution in [2.45, 2.75) is 44.3 Å². The lowest BCUT2D eigenvalue weighted by atomic mass is 9.96. The van der Waals surface area contributed by atoms with Crippen LogP contribution in [0.15, 0.2) is 65.6 Å². The summed E-state index contributed by atoms with van der Waals surface area (Å²) >= 11 is 5.55. The van der Waals surface area contributed by atoms with E-state index in [-0.39, 0.29) is 17.3 Å². The average Bonchev–Trinajstić information content (AvgIpc) is 3.12. The van der Waals surface area contributed by atoms with Crippen LogP contribution in [0.1, 0.15) is 17.4 Å². The molecule has 1 saturated heterocycles. The number of alkyl halides is 2. The van der Waals surface area contributed by atoms with Crippen molar-refractivity contribution in [3.8, 4) is 11.5 Å². The first-order valence-electron chi connectivity index (χ1n) is 11.4. The summed E-state index contributed by atoms with van der Waals surface area (Å²) in [6.07, 6.45) is -8.10. The number of hydrogen-bond donors (Lipinski definition) is 3. The number of aryl methyl sites for hydroxylation is 2. The molecule has 1 aliphatic heterocycles. The fourth-order valence-corrected chi connectivity index (χ4v) is 5.66. The Hall–Kier alpha value is -2.93. The zero-order chi connectivity index (χ0) is 27.7. The van der Waals surface area contributed by atoms with Gasteiger partial charge in [0.25, 0.3) is 6.43 Å². The molecular weight excluding hydrogens is 543 g/mol. The molecule has 14 heteroatoms. The number of aliphatic hydroxyl groups excluding tert-OH is 2. The van der Waals surface area contributed by atoms with Gasteiger partial charge in [-0.1, -0.05) is 35.4 Å². The first-order chi connectivity index (χ1) is 17.9. The Balaban J connectivity index is 1.64. The Labute approximate surface area is 221 Å². The summed E-state index contributed by atoms with van der Waals surface area (Å²) in [5, 5.41) is 21.3. The normalized spacial score (nSPS) is 23.5. The third-order valence-corrected chi connectivity index (χ3v) is 7.95. The van der Waals surface area contributed by atoms with Gasteiger partial charge in [0.05, 0.1) is 6.61 Å². The molecule has 38 heavy (non-hydrogen) atoms. The van der Waals surface area contributed by atoms with Gasteiger partial charge in [0.2, 0.25) is 0 Å². The maximum absolute atomic E-state index is 14.5. The van der Waals surface area contributed by atoms with Gasteiger partial charge in [0, 0.05) is 18.0 Å². The fourth-order valence-electron chi connectivity index (χ4n) is 3.72. The molecule has 0 unspecified atom stereocenters. The highest BCUT2D eigenvalue weighted by Crippen LogP contribution is 2.52. The molecule has 4 atom stereocenters. The van der Waals surface area contributed by atoms with E-state index in [2.05, 4.69) is 4.98 Å². The van der Waals surface area contributed by atoms with Crippen molar-refractivity contribution >= 4 is 24.3 Å². The summed E-state index contributed by atoms with van der Waals surface area (Å²) < 4.78 is 52.5. The molecule has 2 aromatic carbocycles. The van der Waals surface area contributed by atoms with Crippen LogP contribution < -0.4 is 20.5 Å². The molecule has 1 aliphatic rings. The van der Waals surface area contributed by atoms with Gasteiger partial charge in [-0.25, -0.2) is 13.6 Å². The first kappa shape index (κ1) is 28.1. The number of hydrogen-bond acceptors (Lipinski definition) is 10. The number of halogens is 2. The molecule has 4 rings (SSSR count). The molecule has 204 valence electrons. The number of nitrogen functional groups attached to an aromatic ring is 1. The minimum absolute atomic E-state index is 0.120. The predicted molar refractivity (Wildman–Crippen MR) is 138 cm³/mol. The lowest BCUT2D eigenvalue weighted by Gasteiger charge is -2.33. The van der Waals surface area contributed by atoms with E-state index in [9.17, 15) is 23.8 Å². The van der Waals surface area contributed by atoms with Crippen LogP contribution in [0.5, 0.6) is 11.5 Å². The Kier molecular flexibility index (Phi) is 8.17. The van der Waals surface area contributed by atoms with Gasteiger partial charge in [-0.3, -0.25) is 9.09 Å². The fraction of sp³-hybridized carbons (Fsp3) is 0.333. The molecule has 4 N–H and O–H groups in total. The molecule has 2 heterocycles. The summed E-state index contributed by atoms with van der Waals surface area (Å²) in [7, 11) is 0. The van der Waals surface area contributed by atoms with E-state index in [1.54, 1.807) is 48.5 Å². The minimum Gasteiger partial charge on any atom is -0.416 e. The van der Waals surface area contributed by atoms with Gasteiger partial charge in [0.1, 0.15) is 29.5 Å². The van der Waals surface area contributed by atoms with Gasteiger partial charge in [-0.2, -0.15) is 4.98 Å². The molecule has 0 bridgehead atoms. The van der Waals surface area contributed by atoms with E-state index in [0.29, 0.717) is 0 Å². The Morgan fingerprint density at radius 2 is 1.61 bits per heavy atom. The van der Waals surface area contributed by atoms with Crippen LogP contribution in [0.2, 0.25) is 0 Å². The van der Waals surface area contributed by atoms with Crippen LogP contribution in [0.25, 0.3) is 0 Å². The molecule has 0 saturated carbocycles. The van der Waals surface area contributed by atoms with E-state index in [4.69, 9.17) is 35.8 Å². The Morgan fingerprint density at radius 3 is 2.08 bits per heavy atom. The third-order valence-electron chi connectivity index (χ3n) is 5.88. The second kappa shape index (κ2) is 11.0. The number of nitrogens with two attached hydrogens (primary N) is 1. The summed E-state index contributed by atoms with van der Waals surface area (Å²) in [5.41, 5.74) is 3.60. The number of benzene rings is 2. The molecule has 0 spiro atoms. The van der Waals surface area contributed by atoms with Gasteiger partial charge in [-0.05, 0) is 44.2 Å². The maximum atomic E-state index is 14.5. The van der Waals surface area contributed by atoms with Crippen molar-refractivity contribution in [3.63, 3.8) is 0 Å². The predicted octanol–water partition coefficient (Wildman–Crippen LogP) is 3.10. The van der Waals surface area contributed by atoms with Gasteiger partial charge in [-0.15, -0.1) is 0 Å². The van der Waals surface area contributed by atoms with Crippen molar-refractivity contribution in [1.82, 2.24) is 9.55 Å². The highest BCUT2D eigenvalue weighted by molar-refractivity contribution is 8.07. The molecule has 0 radical (unpaired) electrons. The van der Waals surface area contributed by atoms with Crippen LogP contribution in [-0.4, -0.2) is 50.6 Å². The average molecular weight is 570 g/mol. The SMILES string of the molecule is Cc1ccc(OP(=S)(OC[C@@]2(C(F)F)O[C@@H](n3ccc(N)nc3=O)[C@H](O)[C@H]2O)Oc2ccc(C)cc2)cc1. The third kappa shape index (κ3) is 5.88. The van der Waals surface area contributed by atoms with Crippen LogP contribution in [0.3, 0.4) is 0 Å². The lowest BCUT2D eigenvalue weighted by molar-refractivity contribution is -0.192. The number of aromatic nitrogens is 2. The van der Waals surface area contributed by atoms with Crippen LogP contribution >= 0.6 is 6.72 Å². The van der Waals surface area contributed by atoms with E-state index in [0.717, 1.165) is 21.9 Å². The van der Waals surface area contributed by atoms with E-state index in [1.807, 2.05) is 13.8 Å². The Morgan fingerprint density at radius 1 is 1.08 bits per heavy atom. The maximum Gasteiger partial charge on any atom is 0.435 e. The molecule has 0 aliphatic carbocycles. The highest BCUT2D eigenvalue weighted by atomic mass is 32.5. The molecule has 1 aromatic heterocycles. The molecule has 0 amide bonds. The van der Waals surface area contributed by atoms with Crippen LogP contribution in [0, 0.1) is 13.8 Å². The number of ether oxygens (including phenoxy) is 1. The summed E-state index contributed by atoms with van der Waals surface area (Å²) in [4.78, 5) is 15.8. The molecular formula is C24H26F2N3O7PS.